The second-order valence-electron chi connectivity index (χ2n) is 7.63. The van der Waals surface area contributed by atoms with Crippen molar-refractivity contribution in [2.75, 3.05) is 6.54 Å². The third-order valence-electron chi connectivity index (χ3n) is 5.63. The lowest BCUT2D eigenvalue weighted by atomic mass is 10.1. The van der Waals surface area contributed by atoms with Gasteiger partial charge in [-0.3, -0.25) is 4.79 Å². The van der Waals surface area contributed by atoms with Crippen molar-refractivity contribution in [3.05, 3.63) is 81.8 Å². The SMILES string of the molecule is O=C(c1ncsc1Cc1ccc(F)cc1)N1CCC[C@H]1Cc1nc2ccccc2[nH]1. The van der Waals surface area contributed by atoms with Crippen LogP contribution in [0.5, 0.6) is 0 Å². The highest BCUT2D eigenvalue weighted by Gasteiger charge is 2.32. The normalized spacial score (nSPS) is 16.4. The molecule has 0 radical (unpaired) electrons. The van der Waals surface area contributed by atoms with E-state index in [2.05, 4.69) is 15.0 Å². The highest BCUT2D eigenvalue weighted by molar-refractivity contribution is 7.10. The van der Waals surface area contributed by atoms with Crippen molar-refractivity contribution in [3.63, 3.8) is 0 Å². The minimum Gasteiger partial charge on any atom is -0.342 e. The van der Waals surface area contributed by atoms with E-state index < -0.39 is 0 Å². The van der Waals surface area contributed by atoms with Gasteiger partial charge in [-0.05, 0) is 42.7 Å². The molecule has 0 bridgehead atoms. The fourth-order valence-corrected chi connectivity index (χ4v) is 4.92. The number of likely N-dealkylation sites (tertiary alicyclic amines) is 1. The first-order chi connectivity index (χ1) is 14.7. The number of imidazole rings is 1. The smallest absolute Gasteiger partial charge is 0.273 e. The summed E-state index contributed by atoms with van der Waals surface area (Å²) in [7, 11) is 0. The lowest BCUT2D eigenvalue weighted by Gasteiger charge is -2.23. The highest BCUT2D eigenvalue weighted by Crippen LogP contribution is 2.26. The summed E-state index contributed by atoms with van der Waals surface area (Å²) in [5.41, 5.74) is 5.17. The van der Waals surface area contributed by atoms with Crippen molar-refractivity contribution >= 4 is 28.3 Å². The molecule has 4 aromatic rings. The zero-order valence-electron chi connectivity index (χ0n) is 16.3. The van der Waals surface area contributed by atoms with Gasteiger partial charge >= 0.3 is 0 Å². The van der Waals surface area contributed by atoms with E-state index in [1.54, 1.807) is 17.6 Å². The van der Waals surface area contributed by atoms with Gasteiger partial charge in [-0.1, -0.05) is 24.3 Å². The van der Waals surface area contributed by atoms with Gasteiger partial charge in [-0.15, -0.1) is 11.3 Å². The van der Waals surface area contributed by atoms with Crippen LogP contribution in [0, 0.1) is 5.82 Å². The molecule has 1 aliphatic rings. The number of nitrogens with zero attached hydrogens (tertiary/aromatic N) is 3. The van der Waals surface area contributed by atoms with E-state index in [1.807, 2.05) is 29.2 Å². The van der Waals surface area contributed by atoms with Gasteiger partial charge in [0.05, 0.1) is 16.5 Å². The zero-order chi connectivity index (χ0) is 20.5. The Morgan fingerprint density at radius 3 is 2.87 bits per heavy atom. The van der Waals surface area contributed by atoms with E-state index in [-0.39, 0.29) is 17.8 Å². The molecule has 30 heavy (non-hydrogen) atoms. The van der Waals surface area contributed by atoms with Crippen molar-refractivity contribution < 1.29 is 9.18 Å². The van der Waals surface area contributed by atoms with Crippen LogP contribution >= 0.6 is 11.3 Å². The number of H-pyrrole nitrogens is 1. The molecule has 2 aromatic heterocycles. The molecule has 1 saturated heterocycles. The van der Waals surface area contributed by atoms with E-state index >= 15 is 0 Å². The molecule has 0 saturated carbocycles. The summed E-state index contributed by atoms with van der Waals surface area (Å²) < 4.78 is 13.2. The number of halogens is 1. The van der Waals surface area contributed by atoms with E-state index in [9.17, 15) is 9.18 Å². The molecule has 0 spiro atoms. The summed E-state index contributed by atoms with van der Waals surface area (Å²) in [5, 5.41) is 0. The molecule has 7 heteroatoms. The molecule has 1 aliphatic heterocycles. The molecular formula is C23H21FN4OS. The van der Waals surface area contributed by atoms with E-state index in [0.29, 0.717) is 18.5 Å². The van der Waals surface area contributed by atoms with E-state index in [4.69, 9.17) is 0 Å². The lowest BCUT2D eigenvalue weighted by Crippen LogP contribution is -2.37. The summed E-state index contributed by atoms with van der Waals surface area (Å²) >= 11 is 1.47. The number of rotatable bonds is 5. The van der Waals surface area contributed by atoms with Gasteiger partial charge in [0, 0.05) is 30.3 Å². The van der Waals surface area contributed by atoms with Crippen LogP contribution in [0.3, 0.4) is 0 Å². The van der Waals surface area contributed by atoms with Crippen LogP contribution in [0.4, 0.5) is 4.39 Å². The number of amides is 1. The maximum absolute atomic E-state index is 13.3. The molecule has 152 valence electrons. The predicted molar refractivity (Wildman–Crippen MR) is 115 cm³/mol. The second-order valence-corrected chi connectivity index (χ2v) is 8.57. The van der Waals surface area contributed by atoms with Crippen LogP contribution in [-0.4, -0.2) is 38.3 Å². The lowest BCUT2D eigenvalue weighted by molar-refractivity contribution is 0.0729. The Balaban J connectivity index is 1.34. The summed E-state index contributed by atoms with van der Waals surface area (Å²) in [6.45, 7) is 0.733. The monoisotopic (exact) mass is 420 g/mol. The van der Waals surface area contributed by atoms with Crippen LogP contribution in [0.1, 0.15) is 39.6 Å². The standard InChI is InChI=1S/C23H21FN4OS/c24-16-9-7-15(8-10-16)12-20-22(25-14-30-20)23(29)28-11-3-4-17(28)13-21-26-18-5-1-2-6-19(18)27-21/h1-2,5-10,14,17H,3-4,11-13H2,(H,26,27)/t17-/m0/s1. The molecule has 1 N–H and O–H groups in total. The minimum atomic E-state index is -0.259. The Kier molecular flexibility index (Phi) is 5.04. The Morgan fingerprint density at radius 1 is 1.20 bits per heavy atom. The third kappa shape index (κ3) is 3.73. The maximum Gasteiger partial charge on any atom is 0.273 e. The second kappa shape index (κ2) is 7.99. The number of thiazole rings is 1. The summed E-state index contributed by atoms with van der Waals surface area (Å²) in [5.74, 6) is 0.627. The van der Waals surface area contributed by atoms with Gasteiger partial charge in [-0.25, -0.2) is 14.4 Å². The van der Waals surface area contributed by atoms with Crippen LogP contribution in [0.25, 0.3) is 11.0 Å². The van der Waals surface area contributed by atoms with Gasteiger partial charge in [0.15, 0.2) is 0 Å². The number of carbonyl (C=O) groups excluding carboxylic acids is 1. The van der Waals surface area contributed by atoms with Crippen molar-refractivity contribution in [3.8, 4) is 0 Å². The maximum atomic E-state index is 13.3. The van der Waals surface area contributed by atoms with Gasteiger partial charge in [-0.2, -0.15) is 0 Å². The molecule has 1 amide bonds. The van der Waals surface area contributed by atoms with Crippen molar-refractivity contribution in [1.82, 2.24) is 19.9 Å². The van der Waals surface area contributed by atoms with Crippen LogP contribution in [0.2, 0.25) is 0 Å². The average Bonchev–Trinajstić information content (AvgIpc) is 3.48. The summed E-state index contributed by atoms with van der Waals surface area (Å²) in [6.07, 6.45) is 3.22. The minimum absolute atomic E-state index is 0.0213. The van der Waals surface area contributed by atoms with Gasteiger partial charge in [0.25, 0.3) is 5.91 Å². The first-order valence-corrected chi connectivity index (χ1v) is 11.0. The average molecular weight is 421 g/mol. The molecule has 2 aromatic carbocycles. The zero-order valence-corrected chi connectivity index (χ0v) is 17.2. The largest absolute Gasteiger partial charge is 0.342 e. The Bertz CT molecular complexity index is 1150. The Morgan fingerprint density at radius 2 is 2.03 bits per heavy atom. The van der Waals surface area contributed by atoms with Crippen molar-refractivity contribution in [2.45, 2.75) is 31.7 Å². The highest BCUT2D eigenvalue weighted by atomic mass is 32.1. The third-order valence-corrected chi connectivity index (χ3v) is 6.46. The quantitative estimate of drug-likeness (QED) is 0.513. The number of fused-ring (bicyclic) bond motifs is 1. The number of hydrogen-bond acceptors (Lipinski definition) is 4. The fraction of sp³-hybridized carbons (Fsp3) is 0.261. The van der Waals surface area contributed by atoms with Gasteiger partial charge < -0.3 is 9.88 Å². The summed E-state index contributed by atoms with van der Waals surface area (Å²) in [4.78, 5) is 28.6. The predicted octanol–water partition coefficient (Wildman–Crippen LogP) is 4.60. The van der Waals surface area contributed by atoms with Crippen molar-refractivity contribution in [1.29, 1.82) is 0 Å². The van der Waals surface area contributed by atoms with Gasteiger partial charge in [0.1, 0.15) is 17.3 Å². The molecular weight excluding hydrogens is 399 g/mol. The number of carbonyl (C=O) groups is 1. The Labute approximate surface area is 177 Å². The van der Waals surface area contributed by atoms with E-state index in [0.717, 1.165) is 46.7 Å². The number of benzene rings is 2. The number of aromatic amines is 1. The first kappa shape index (κ1) is 18.9. The Hall–Kier alpha value is -3.06. The number of hydrogen-bond donors (Lipinski definition) is 1. The van der Waals surface area contributed by atoms with Crippen molar-refractivity contribution in [2.24, 2.45) is 0 Å². The fourth-order valence-electron chi connectivity index (χ4n) is 4.13. The molecule has 3 heterocycles. The molecule has 5 rings (SSSR count). The molecule has 1 atom stereocenters. The molecule has 0 unspecified atom stereocenters. The summed E-state index contributed by atoms with van der Waals surface area (Å²) in [6, 6.07) is 14.5. The molecule has 0 aliphatic carbocycles. The van der Waals surface area contributed by atoms with E-state index in [1.165, 1.54) is 23.5 Å². The number of aromatic nitrogens is 3. The molecule has 1 fully saturated rings. The van der Waals surface area contributed by atoms with Crippen LogP contribution < -0.4 is 0 Å². The van der Waals surface area contributed by atoms with Crippen LogP contribution in [0.15, 0.2) is 54.0 Å². The molecule has 5 nitrogen and oxygen atoms in total. The van der Waals surface area contributed by atoms with Crippen LogP contribution in [-0.2, 0) is 12.8 Å². The first-order valence-electron chi connectivity index (χ1n) is 10.1. The number of para-hydroxylation sites is 2. The number of nitrogens with one attached hydrogen (secondary N) is 1. The van der Waals surface area contributed by atoms with Gasteiger partial charge in [0.2, 0.25) is 0 Å². The topological polar surface area (TPSA) is 61.9 Å².